The van der Waals surface area contributed by atoms with Gasteiger partial charge in [-0.05, 0) is 19.8 Å². The van der Waals surface area contributed by atoms with Crippen LogP contribution < -0.4 is 15.4 Å². The third-order valence-corrected chi connectivity index (χ3v) is 3.55. The van der Waals surface area contributed by atoms with Gasteiger partial charge in [0.15, 0.2) is 0 Å². The lowest BCUT2D eigenvalue weighted by Crippen LogP contribution is -2.47. The summed E-state index contributed by atoms with van der Waals surface area (Å²) in [6.45, 7) is 6.43. The molecule has 0 aromatic carbocycles. The van der Waals surface area contributed by atoms with Crippen LogP contribution in [0.15, 0.2) is 0 Å². The molecule has 1 saturated carbocycles. The van der Waals surface area contributed by atoms with E-state index in [0.717, 1.165) is 32.2 Å². The molecule has 2 N–H and O–H groups in total. The van der Waals surface area contributed by atoms with E-state index in [-0.39, 0.29) is 5.95 Å². The molecule has 1 aromatic heterocycles. The molecule has 19 heavy (non-hydrogen) atoms. The van der Waals surface area contributed by atoms with Gasteiger partial charge in [0.05, 0.1) is 6.61 Å². The van der Waals surface area contributed by atoms with Gasteiger partial charge in [-0.2, -0.15) is 15.0 Å². The summed E-state index contributed by atoms with van der Waals surface area (Å²) >= 11 is 0. The summed E-state index contributed by atoms with van der Waals surface area (Å²) in [4.78, 5) is 17.2. The molecule has 0 bridgehead atoms. The minimum atomic E-state index is 0.220. The Bertz CT molecular complexity index is 442. The second kappa shape index (κ2) is 5.16. The van der Waals surface area contributed by atoms with Gasteiger partial charge in [0.1, 0.15) is 0 Å². The highest BCUT2D eigenvalue weighted by Gasteiger charge is 2.31. The number of anilines is 2. The SMILES string of the molecule is CCOc1nc(N)nc(N2CCN(C3CC3)CC2)n1. The Morgan fingerprint density at radius 3 is 2.53 bits per heavy atom. The van der Waals surface area contributed by atoms with E-state index in [1.165, 1.54) is 12.8 Å². The van der Waals surface area contributed by atoms with E-state index in [0.29, 0.717) is 18.6 Å². The monoisotopic (exact) mass is 264 g/mol. The predicted octanol–water partition coefficient (Wildman–Crippen LogP) is 0.137. The van der Waals surface area contributed by atoms with Crippen LogP contribution in [-0.4, -0.2) is 58.7 Å². The molecular weight excluding hydrogens is 244 g/mol. The van der Waals surface area contributed by atoms with Crippen molar-refractivity contribution >= 4 is 11.9 Å². The average Bonchev–Trinajstić information content (AvgIpc) is 3.23. The number of hydrogen-bond acceptors (Lipinski definition) is 7. The summed E-state index contributed by atoms with van der Waals surface area (Å²) in [5.41, 5.74) is 5.70. The van der Waals surface area contributed by atoms with Crippen molar-refractivity contribution in [3.05, 3.63) is 0 Å². The molecule has 0 amide bonds. The minimum absolute atomic E-state index is 0.220. The van der Waals surface area contributed by atoms with Crippen LogP contribution >= 0.6 is 0 Å². The lowest BCUT2D eigenvalue weighted by atomic mass is 10.3. The molecule has 0 atom stereocenters. The number of nitrogens with two attached hydrogens (primary N) is 1. The minimum Gasteiger partial charge on any atom is -0.464 e. The number of nitrogens with zero attached hydrogens (tertiary/aromatic N) is 5. The van der Waals surface area contributed by atoms with Crippen LogP contribution in [0.4, 0.5) is 11.9 Å². The fourth-order valence-electron chi connectivity index (χ4n) is 2.42. The van der Waals surface area contributed by atoms with Gasteiger partial charge < -0.3 is 15.4 Å². The van der Waals surface area contributed by atoms with E-state index in [1.54, 1.807) is 0 Å². The van der Waals surface area contributed by atoms with Crippen LogP contribution in [-0.2, 0) is 0 Å². The van der Waals surface area contributed by atoms with Crippen molar-refractivity contribution < 1.29 is 4.74 Å². The van der Waals surface area contributed by atoms with Crippen LogP contribution in [0.3, 0.4) is 0 Å². The standard InChI is InChI=1S/C12H20N6O/c1-2-19-12-15-10(13)14-11(16-12)18-7-5-17(6-8-18)9-3-4-9/h9H,2-8H2,1H3,(H2,13,14,15,16). The molecule has 1 saturated heterocycles. The third kappa shape index (κ3) is 2.86. The topological polar surface area (TPSA) is 80.4 Å². The van der Waals surface area contributed by atoms with Gasteiger partial charge in [-0.3, -0.25) is 4.90 Å². The van der Waals surface area contributed by atoms with Gasteiger partial charge in [0.25, 0.3) is 0 Å². The van der Waals surface area contributed by atoms with E-state index in [2.05, 4.69) is 24.8 Å². The summed E-state index contributed by atoms with van der Waals surface area (Å²) in [5, 5.41) is 0. The number of aromatic nitrogens is 3. The van der Waals surface area contributed by atoms with Gasteiger partial charge in [-0.1, -0.05) is 0 Å². The molecule has 104 valence electrons. The maximum Gasteiger partial charge on any atom is 0.323 e. The first-order valence-electron chi connectivity index (χ1n) is 6.89. The Balaban J connectivity index is 1.68. The summed E-state index contributed by atoms with van der Waals surface area (Å²) in [5.74, 6) is 0.851. The first-order valence-corrected chi connectivity index (χ1v) is 6.89. The normalized spacial score (nSPS) is 20.6. The van der Waals surface area contributed by atoms with Gasteiger partial charge in [-0.25, -0.2) is 0 Å². The Kier molecular flexibility index (Phi) is 3.37. The van der Waals surface area contributed by atoms with Crippen LogP contribution in [0.25, 0.3) is 0 Å². The molecule has 1 aromatic rings. The second-order valence-electron chi connectivity index (χ2n) is 4.96. The quantitative estimate of drug-likeness (QED) is 0.828. The molecule has 2 fully saturated rings. The van der Waals surface area contributed by atoms with Gasteiger partial charge in [-0.15, -0.1) is 0 Å². The van der Waals surface area contributed by atoms with Crippen LogP contribution in [0.2, 0.25) is 0 Å². The van der Waals surface area contributed by atoms with Crippen LogP contribution in [0, 0.1) is 0 Å². The maximum absolute atomic E-state index is 5.70. The van der Waals surface area contributed by atoms with E-state index >= 15 is 0 Å². The Morgan fingerprint density at radius 2 is 1.89 bits per heavy atom. The van der Waals surface area contributed by atoms with Crippen molar-refractivity contribution in [3.63, 3.8) is 0 Å². The highest BCUT2D eigenvalue weighted by molar-refractivity contribution is 5.36. The molecule has 2 heterocycles. The fourth-order valence-corrected chi connectivity index (χ4v) is 2.42. The third-order valence-electron chi connectivity index (χ3n) is 3.55. The Labute approximate surface area is 112 Å². The molecule has 7 heteroatoms. The van der Waals surface area contributed by atoms with Gasteiger partial charge >= 0.3 is 6.01 Å². The first kappa shape index (κ1) is 12.4. The summed E-state index contributed by atoms with van der Waals surface area (Å²) in [7, 11) is 0. The zero-order chi connectivity index (χ0) is 13.2. The van der Waals surface area contributed by atoms with Crippen molar-refractivity contribution in [3.8, 4) is 6.01 Å². The van der Waals surface area contributed by atoms with E-state index in [4.69, 9.17) is 10.5 Å². The molecule has 1 aliphatic carbocycles. The number of nitrogen functional groups attached to an aromatic ring is 1. The second-order valence-corrected chi connectivity index (χ2v) is 4.96. The summed E-state index contributed by atoms with van der Waals surface area (Å²) in [6, 6.07) is 1.14. The summed E-state index contributed by atoms with van der Waals surface area (Å²) in [6.07, 6.45) is 2.71. The lowest BCUT2D eigenvalue weighted by molar-refractivity contribution is 0.246. The molecule has 0 spiro atoms. The Hall–Kier alpha value is -1.63. The van der Waals surface area contributed by atoms with Gasteiger partial charge in [0, 0.05) is 32.2 Å². The van der Waals surface area contributed by atoms with Crippen molar-refractivity contribution in [1.29, 1.82) is 0 Å². The lowest BCUT2D eigenvalue weighted by Gasteiger charge is -2.34. The van der Waals surface area contributed by atoms with Crippen molar-refractivity contribution in [2.24, 2.45) is 0 Å². The molecule has 3 rings (SSSR count). The molecule has 2 aliphatic rings. The predicted molar refractivity (Wildman–Crippen MR) is 72.2 cm³/mol. The number of hydrogen-bond donors (Lipinski definition) is 1. The largest absolute Gasteiger partial charge is 0.464 e. The molecule has 0 unspecified atom stereocenters. The molecule has 0 radical (unpaired) electrons. The van der Waals surface area contributed by atoms with Crippen molar-refractivity contribution in [2.75, 3.05) is 43.4 Å². The zero-order valence-corrected chi connectivity index (χ0v) is 11.2. The fraction of sp³-hybridized carbons (Fsp3) is 0.750. The summed E-state index contributed by atoms with van der Waals surface area (Å²) < 4.78 is 5.31. The number of piperazine rings is 1. The number of rotatable bonds is 4. The highest BCUT2D eigenvalue weighted by Crippen LogP contribution is 2.28. The average molecular weight is 264 g/mol. The molecule has 1 aliphatic heterocycles. The van der Waals surface area contributed by atoms with E-state index in [1.807, 2.05) is 6.92 Å². The first-order chi connectivity index (χ1) is 9.26. The molecule has 7 nitrogen and oxygen atoms in total. The van der Waals surface area contributed by atoms with E-state index in [9.17, 15) is 0 Å². The van der Waals surface area contributed by atoms with Crippen molar-refractivity contribution in [1.82, 2.24) is 19.9 Å². The van der Waals surface area contributed by atoms with Crippen LogP contribution in [0.5, 0.6) is 6.01 Å². The Morgan fingerprint density at radius 1 is 1.16 bits per heavy atom. The van der Waals surface area contributed by atoms with Gasteiger partial charge in [0.2, 0.25) is 11.9 Å². The van der Waals surface area contributed by atoms with Crippen LogP contribution in [0.1, 0.15) is 19.8 Å². The van der Waals surface area contributed by atoms with Crippen molar-refractivity contribution in [2.45, 2.75) is 25.8 Å². The van der Waals surface area contributed by atoms with E-state index < -0.39 is 0 Å². The number of ether oxygens (including phenoxy) is 1. The molecular formula is C12H20N6O. The maximum atomic E-state index is 5.70. The highest BCUT2D eigenvalue weighted by atomic mass is 16.5. The zero-order valence-electron chi connectivity index (χ0n) is 11.2. The smallest absolute Gasteiger partial charge is 0.323 e.